The third-order valence-corrected chi connectivity index (χ3v) is 6.74. The highest BCUT2D eigenvalue weighted by Crippen LogP contribution is 2.40. The molecule has 1 spiro atoms. The van der Waals surface area contributed by atoms with Crippen LogP contribution in [0.15, 0.2) is 48.7 Å². The number of benzene rings is 1. The molecule has 1 aromatic carbocycles. The normalized spacial score (nSPS) is 24.6. The predicted octanol–water partition coefficient (Wildman–Crippen LogP) is 4.69. The Morgan fingerprint density at radius 1 is 1.18 bits per heavy atom. The van der Waals surface area contributed by atoms with Gasteiger partial charge in [-0.15, -0.1) is 0 Å². The fourth-order valence-corrected chi connectivity index (χ4v) is 5.03. The number of hydrogen-bond acceptors (Lipinski definition) is 6. The van der Waals surface area contributed by atoms with Gasteiger partial charge in [-0.2, -0.15) is 0 Å². The lowest BCUT2D eigenvalue weighted by Crippen LogP contribution is -2.39. The van der Waals surface area contributed by atoms with Crippen LogP contribution < -0.4 is 10.2 Å². The lowest BCUT2D eigenvalue weighted by atomic mass is 9.78. The van der Waals surface area contributed by atoms with Gasteiger partial charge >= 0.3 is 6.09 Å². The van der Waals surface area contributed by atoms with Gasteiger partial charge < -0.3 is 10.1 Å². The number of thiazole rings is 1. The van der Waals surface area contributed by atoms with E-state index in [-0.39, 0.29) is 11.7 Å². The van der Waals surface area contributed by atoms with Crippen molar-refractivity contribution < 1.29 is 9.53 Å². The SMILES string of the molecule is O=C1O[C@]2(CC[C@H](CNc3nc4ccccc4s3)CC2)CN1c1ccccn1. The highest BCUT2D eigenvalue weighted by molar-refractivity contribution is 7.22. The zero-order valence-corrected chi connectivity index (χ0v) is 16.3. The summed E-state index contributed by atoms with van der Waals surface area (Å²) in [6.07, 6.45) is 5.31. The monoisotopic (exact) mass is 394 g/mol. The molecular formula is C21H22N4O2S. The van der Waals surface area contributed by atoms with E-state index in [4.69, 9.17) is 4.74 Å². The topological polar surface area (TPSA) is 67.3 Å². The quantitative estimate of drug-likeness (QED) is 0.695. The largest absolute Gasteiger partial charge is 0.441 e. The first kappa shape index (κ1) is 17.4. The van der Waals surface area contributed by atoms with Crippen molar-refractivity contribution in [3.05, 3.63) is 48.7 Å². The number of para-hydroxylation sites is 1. The Morgan fingerprint density at radius 3 is 2.79 bits per heavy atom. The molecule has 28 heavy (non-hydrogen) atoms. The van der Waals surface area contributed by atoms with E-state index < -0.39 is 0 Å². The number of nitrogens with zero attached hydrogens (tertiary/aromatic N) is 3. The van der Waals surface area contributed by atoms with Crippen LogP contribution >= 0.6 is 11.3 Å². The molecule has 1 saturated heterocycles. The third-order valence-electron chi connectivity index (χ3n) is 5.75. The molecule has 1 aliphatic heterocycles. The maximum absolute atomic E-state index is 12.4. The lowest BCUT2D eigenvalue weighted by Gasteiger charge is -2.35. The van der Waals surface area contributed by atoms with Crippen molar-refractivity contribution in [3.63, 3.8) is 0 Å². The van der Waals surface area contributed by atoms with Gasteiger partial charge in [0.05, 0.1) is 16.8 Å². The maximum atomic E-state index is 12.4. The molecule has 2 fully saturated rings. The number of amides is 1. The molecule has 1 aliphatic carbocycles. The molecule has 5 rings (SSSR count). The van der Waals surface area contributed by atoms with Gasteiger partial charge in [-0.3, -0.25) is 4.90 Å². The van der Waals surface area contributed by atoms with Crippen LogP contribution in [0.5, 0.6) is 0 Å². The summed E-state index contributed by atoms with van der Waals surface area (Å²) >= 11 is 1.70. The number of carbonyl (C=O) groups excluding carboxylic acids is 1. The number of carbonyl (C=O) groups is 1. The molecule has 144 valence electrons. The van der Waals surface area contributed by atoms with Crippen molar-refractivity contribution in [2.24, 2.45) is 5.92 Å². The van der Waals surface area contributed by atoms with Gasteiger partial charge in [0.15, 0.2) is 5.13 Å². The first-order chi connectivity index (χ1) is 13.7. The summed E-state index contributed by atoms with van der Waals surface area (Å²) in [6, 6.07) is 13.8. The van der Waals surface area contributed by atoms with E-state index in [0.717, 1.165) is 42.9 Å². The van der Waals surface area contributed by atoms with Crippen LogP contribution in [0.3, 0.4) is 0 Å². The summed E-state index contributed by atoms with van der Waals surface area (Å²) in [5.41, 5.74) is 0.686. The van der Waals surface area contributed by atoms with Crippen LogP contribution in [0.4, 0.5) is 15.7 Å². The molecule has 1 N–H and O–H groups in total. The molecule has 0 unspecified atom stereocenters. The second-order valence-electron chi connectivity index (χ2n) is 7.64. The van der Waals surface area contributed by atoms with E-state index >= 15 is 0 Å². The zero-order chi connectivity index (χ0) is 19.0. The Bertz CT molecular complexity index is 949. The van der Waals surface area contributed by atoms with Crippen LogP contribution in [0.25, 0.3) is 10.2 Å². The van der Waals surface area contributed by atoms with Crippen molar-refractivity contribution in [3.8, 4) is 0 Å². The molecule has 1 saturated carbocycles. The number of aromatic nitrogens is 2. The van der Waals surface area contributed by atoms with E-state index in [1.54, 1.807) is 22.4 Å². The lowest BCUT2D eigenvalue weighted by molar-refractivity contribution is 0.0148. The standard InChI is InChI=1S/C21H22N4O2S/c26-20-25(18-7-3-4-12-22-18)14-21(27-20)10-8-15(9-11-21)13-23-19-24-16-5-1-2-6-17(16)28-19/h1-7,12,15H,8-11,13-14H2,(H,23,24)/t15-,21-. The van der Waals surface area contributed by atoms with Crippen molar-refractivity contribution in [2.45, 2.75) is 31.3 Å². The van der Waals surface area contributed by atoms with Crippen molar-refractivity contribution in [1.82, 2.24) is 9.97 Å². The predicted molar refractivity (Wildman–Crippen MR) is 111 cm³/mol. The van der Waals surface area contributed by atoms with E-state index in [2.05, 4.69) is 21.4 Å². The van der Waals surface area contributed by atoms with Gasteiger partial charge in [-0.05, 0) is 55.9 Å². The molecule has 0 atom stereocenters. The van der Waals surface area contributed by atoms with Gasteiger partial charge in [0, 0.05) is 12.7 Å². The van der Waals surface area contributed by atoms with Crippen LogP contribution in [0.2, 0.25) is 0 Å². The Hall–Kier alpha value is -2.67. The minimum absolute atomic E-state index is 0.273. The van der Waals surface area contributed by atoms with Crippen molar-refractivity contribution in [1.29, 1.82) is 0 Å². The number of rotatable bonds is 4. The smallest absolute Gasteiger partial charge is 0.416 e. The van der Waals surface area contributed by atoms with Gasteiger partial charge in [-0.25, -0.2) is 14.8 Å². The van der Waals surface area contributed by atoms with Gasteiger partial charge in [0.1, 0.15) is 11.4 Å². The molecule has 1 amide bonds. The summed E-state index contributed by atoms with van der Waals surface area (Å²) < 4.78 is 7.03. The summed E-state index contributed by atoms with van der Waals surface area (Å²) in [5.74, 6) is 1.24. The van der Waals surface area contributed by atoms with E-state index in [1.807, 2.05) is 36.4 Å². The van der Waals surface area contributed by atoms with E-state index in [1.165, 1.54) is 4.70 Å². The molecule has 7 heteroatoms. The number of anilines is 2. The fourth-order valence-electron chi connectivity index (χ4n) is 4.16. The van der Waals surface area contributed by atoms with Crippen molar-refractivity contribution >= 4 is 38.6 Å². The molecule has 0 bridgehead atoms. The minimum Gasteiger partial charge on any atom is -0.441 e. The average Bonchev–Trinajstić information content (AvgIpc) is 3.29. The minimum atomic E-state index is -0.360. The first-order valence-electron chi connectivity index (χ1n) is 9.72. The van der Waals surface area contributed by atoms with Crippen LogP contribution in [-0.4, -0.2) is 34.8 Å². The van der Waals surface area contributed by atoms with Crippen LogP contribution in [0, 0.1) is 5.92 Å². The van der Waals surface area contributed by atoms with Gasteiger partial charge in [0.25, 0.3) is 0 Å². The van der Waals surface area contributed by atoms with Crippen molar-refractivity contribution in [2.75, 3.05) is 23.3 Å². The fraction of sp³-hybridized carbons (Fsp3) is 0.381. The summed E-state index contributed by atoms with van der Waals surface area (Å²) in [5, 5.41) is 4.49. The van der Waals surface area contributed by atoms with E-state index in [0.29, 0.717) is 18.3 Å². The molecule has 2 aliphatic rings. The second kappa shape index (κ2) is 7.05. The summed E-state index contributed by atoms with van der Waals surface area (Å²) in [7, 11) is 0. The number of hydrogen-bond donors (Lipinski definition) is 1. The number of pyridine rings is 1. The van der Waals surface area contributed by atoms with Gasteiger partial charge in [-0.1, -0.05) is 29.5 Å². The summed E-state index contributed by atoms with van der Waals surface area (Å²) in [6.45, 7) is 1.51. The molecular weight excluding hydrogens is 372 g/mol. The van der Waals surface area contributed by atoms with Crippen LogP contribution in [0.1, 0.15) is 25.7 Å². The third kappa shape index (κ3) is 3.30. The van der Waals surface area contributed by atoms with E-state index in [9.17, 15) is 4.79 Å². The molecule has 2 aromatic heterocycles. The molecule has 6 nitrogen and oxygen atoms in total. The molecule has 3 aromatic rings. The number of nitrogens with one attached hydrogen (secondary N) is 1. The summed E-state index contributed by atoms with van der Waals surface area (Å²) in [4.78, 5) is 23.0. The van der Waals surface area contributed by atoms with Crippen LogP contribution in [-0.2, 0) is 4.74 Å². The molecule has 3 heterocycles. The molecule has 0 radical (unpaired) electrons. The number of ether oxygens (including phenoxy) is 1. The highest BCUT2D eigenvalue weighted by Gasteiger charge is 2.47. The second-order valence-corrected chi connectivity index (χ2v) is 8.67. The highest BCUT2D eigenvalue weighted by atomic mass is 32.1. The Labute approximate surface area is 167 Å². The zero-order valence-electron chi connectivity index (χ0n) is 15.5. The van der Waals surface area contributed by atoms with Gasteiger partial charge in [0.2, 0.25) is 0 Å². The average molecular weight is 395 g/mol. The number of fused-ring (bicyclic) bond motifs is 1. The first-order valence-corrected chi connectivity index (χ1v) is 10.5. The Morgan fingerprint density at radius 2 is 2.00 bits per heavy atom. The maximum Gasteiger partial charge on any atom is 0.416 e. The Kier molecular flexibility index (Phi) is 4.39. The Balaban J connectivity index is 1.18.